The highest BCUT2D eigenvalue weighted by Crippen LogP contribution is 2.48. The van der Waals surface area contributed by atoms with Crippen LogP contribution in [0.1, 0.15) is 45.6 Å². The Balaban J connectivity index is 1.59. The van der Waals surface area contributed by atoms with Gasteiger partial charge < -0.3 is 14.8 Å². The predicted molar refractivity (Wildman–Crippen MR) is 116 cm³/mol. The summed E-state index contributed by atoms with van der Waals surface area (Å²) in [4.78, 5) is 11.4. The van der Waals surface area contributed by atoms with Crippen LogP contribution in [0, 0.1) is 45.8 Å². The van der Waals surface area contributed by atoms with Crippen molar-refractivity contribution in [3.63, 3.8) is 0 Å². The van der Waals surface area contributed by atoms with Gasteiger partial charge in [-0.25, -0.2) is 0 Å². The van der Waals surface area contributed by atoms with Crippen molar-refractivity contribution in [1.82, 2.24) is 0 Å². The van der Waals surface area contributed by atoms with Gasteiger partial charge in [0.25, 0.3) is 0 Å². The Labute approximate surface area is 187 Å². The molecule has 2 fully saturated rings. The summed E-state index contributed by atoms with van der Waals surface area (Å²) in [5.41, 5.74) is 1.57. The molecule has 7 nitrogen and oxygen atoms in total. The summed E-state index contributed by atoms with van der Waals surface area (Å²) in [6.07, 6.45) is 3.08. The number of nitrogens with one attached hydrogen (secondary N) is 1. The van der Waals surface area contributed by atoms with E-state index in [4.69, 9.17) is 9.47 Å². The van der Waals surface area contributed by atoms with E-state index in [9.17, 15) is 20.6 Å². The maximum absolute atomic E-state index is 11.4. The van der Waals surface area contributed by atoms with Gasteiger partial charge in [-0.15, -0.1) is 0 Å². The monoisotopic (exact) mass is 428 g/mol. The molecule has 4 rings (SSSR count). The lowest BCUT2D eigenvalue weighted by molar-refractivity contribution is -0.148. The van der Waals surface area contributed by atoms with Crippen LogP contribution < -0.4 is 5.32 Å². The van der Waals surface area contributed by atoms with Crippen molar-refractivity contribution < 1.29 is 14.3 Å². The molecule has 1 aromatic rings. The van der Waals surface area contributed by atoms with Gasteiger partial charge in [-0.1, -0.05) is 12.1 Å². The third-order valence-electron chi connectivity index (χ3n) is 6.68. The number of carbonyl (C=O) groups excluding carboxylic acids is 1. The van der Waals surface area contributed by atoms with Gasteiger partial charge in [-0.05, 0) is 56.7 Å². The number of hydrogen-bond donors (Lipinski definition) is 1. The molecule has 0 aromatic heterocycles. The second-order valence-electron chi connectivity index (χ2n) is 9.03. The zero-order chi connectivity index (χ0) is 23.0. The number of ether oxygens (including phenoxy) is 2. The summed E-state index contributed by atoms with van der Waals surface area (Å²) >= 11 is 0. The van der Waals surface area contributed by atoms with Crippen molar-refractivity contribution >= 4 is 17.2 Å². The molecule has 2 saturated carbocycles. The SMILES string of the molecule is CC(=O)OC1C[C@@H]2CC[C@H]1[C@@H]2Nc1ccc(C2=C(C#N)C(=C(C#N)C#N)OC2(C)C)cc1. The quantitative estimate of drug-likeness (QED) is 0.563. The molecule has 0 radical (unpaired) electrons. The molecule has 1 heterocycles. The number of fused-ring (bicyclic) bond motifs is 2. The third kappa shape index (κ3) is 3.59. The Hall–Kier alpha value is -3.76. The molecule has 0 saturated heterocycles. The average Bonchev–Trinajstić information content (AvgIpc) is 3.37. The molecule has 1 aromatic carbocycles. The van der Waals surface area contributed by atoms with E-state index in [1.807, 2.05) is 50.3 Å². The van der Waals surface area contributed by atoms with Crippen LogP contribution in [-0.2, 0) is 14.3 Å². The number of benzene rings is 1. The van der Waals surface area contributed by atoms with E-state index in [0.29, 0.717) is 17.4 Å². The van der Waals surface area contributed by atoms with Crippen molar-refractivity contribution in [2.75, 3.05) is 5.32 Å². The molecule has 3 aliphatic rings. The molecule has 0 amide bonds. The minimum atomic E-state index is -0.851. The Morgan fingerprint density at radius 1 is 1.16 bits per heavy atom. The van der Waals surface area contributed by atoms with Crippen molar-refractivity contribution in [3.05, 3.63) is 46.7 Å². The lowest BCUT2D eigenvalue weighted by Gasteiger charge is -2.24. The van der Waals surface area contributed by atoms with Gasteiger partial charge in [0.05, 0.1) is 0 Å². The zero-order valence-electron chi connectivity index (χ0n) is 18.3. The molecule has 32 heavy (non-hydrogen) atoms. The third-order valence-corrected chi connectivity index (χ3v) is 6.68. The van der Waals surface area contributed by atoms with Crippen molar-refractivity contribution in [1.29, 1.82) is 15.8 Å². The van der Waals surface area contributed by atoms with Gasteiger partial charge in [0.15, 0.2) is 11.3 Å². The van der Waals surface area contributed by atoms with Crippen LogP contribution in [0.25, 0.3) is 5.57 Å². The Morgan fingerprint density at radius 3 is 2.44 bits per heavy atom. The van der Waals surface area contributed by atoms with Gasteiger partial charge in [-0.3, -0.25) is 4.79 Å². The largest absolute Gasteiger partial charge is 0.480 e. The molecule has 162 valence electrons. The van der Waals surface area contributed by atoms with Crippen LogP contribution >= 0.6 is 0 Å². The highest BCUT2D eigenvalue weighted by Gasteiger charge is 2.49. The topological polar surface area (TPSA) is 119 Å². The van der Waals surface area contributed by atoms with E-state index in [0.717, 1.165) is 30.5 Å². The Morgan fingerprint density at radius 2 is 1.84 bits per heavy atom. The van der Waals surface area contributed by atoms with Gasteiger partial charge in [-0.2, -0.15) is 15.8 Å². The highest BCUT2D eigenvalue weighted by atomic mass is 16.5. The van der Waals surface area contributed by atoms with Crippen LogP contribution in [0.2, 0.25) is 0 Å². The van der Waals surface area contributed by atoms with Crippen molar-refractivity contribution in [2.24, 2.45) is 11.8 Å². The first kappa shape index (κ1) is 21.5. The maximum atomic E-state index is 11.4. The van der Waals surface area contributed by atoms with E-state index in [1.165, 1.54) is 6.92 Å². The smallest absolute Gasteiger partial charge is 0.302 e. The standard InChI is InChI=1S/C25H24N4O3/c1-14(30)31-21-10-16-6-9-19(21)23(16)29-18-7-4-15(5-8-18)22-20(13-28)24(17(11-26)12-27)32-25(22,2)3/h4-5,7-8,16,19,21,23,29H,6,9-10H2,1-3H3/t16-,19+,21?,23+/m0/s1. The summed E-state index contributed by atoms with van der Waals surface area (Å²) in [6, 6.07) is 13.8. The average molecular weight is 428 g/mol. The first-order valence-electron chi connectivity index (χ1n) is 10.7. The van der Waals surface area contributed by atoms with Crippen molar-refractivity contribution in [3.8, 4) is 18.2 Å². The summed E-state index contributed by atoms with van der Waals surface area (Å²) in [7, 11) is 0. The molecular formula is C25H24N4O3. The van der Waals surface area contributed by atoms with Crippen LogP contribution in [-0.4, -0.2) is 23.7 Å². The number of nitriles is 3. The van der Waals surface area contributed by atoms with Crippen LogP contribution in [0.5, 0.6) is 0 Å². The van der Waals surface area contributed by atoms with Crippen LogP contribution in [0.15, 0.2) is 41.2 Å². The minimum Gasteiger partial charge on any atom is -0.480 e. The summed E-state index contributed by atoms with van der Waals surface area (Å²) in [6.45, 7) is 5.09. The van der Waals surface area contributed by atoms with E-state index in [2.05, 4.69) is 11.4 Å². The highest BCUT2D eigenvalue weighted by molar-refractivity contribution is 5.84. The number of allylic oxidation sites excluding steroid dienone is 2. The number of nitrogens with zero attached hydrogens (tertiary/aromatic N) is 3. The molecule has 2 bridgehead atoms. The molecule has 4 atom stereocenters. The molecule has 0 spiro atoms. The lowest BCUT2D eigenvalue weighted by atomic mass is 9.89. The van der Waals surface area contributed by atoms with E-state index in [1.54, 1.807) is 0 Å². The number of rotatable bonds is 4. The summed E-state index contributed by atoms with van der Waals surface area (Å²) in [5, 5.41) is 31.8. The predicted octanol–water partition coefficient (Wildman–Crippen LogP) is 4.22. The van der Waals surface area contributed by atoms with Gasteiger partial charge in [0.2, 0.25) is 0 Å². The van der Waals surface area contributed by atoms with Gasteiger partial charge in [0, 0.05) is 30.1 Å². The fraction of sp³-hybridized carbons (Fsp3) is 0.440. The number of carbonyl (C=O) groups is 1. The molecule has 1 unspecified atom stereocenters. The second kappa shape index (κ2) is 8.06. The first-order valence-corrected chi connectivity index (χ1v) is 10.7. The van der Waals surface area contributed by atoms with Crippen LogP contribution in [0.3, 0.4) is 0 Å². The van der Waals surface area contributed by atoms with E-state index in [-0.39, 0.29) is 35.0 Å². The van der Waals surface area contributed by atoms with Gasteiger partial charge >= 0.3 is 5.97 Å². The first-order chi connectivity index (χ1) is 15.3. The summed E-state index contributed by atoms with van der Waals surface area (Å²) < 4.78 is 11.4. The Kier molecular flexibility index (Phi) is 5.41. The molecular weight excluding hydrogens is 404 g/mol. The van der Waals surface area contributed by atoms with E-state index >= 15 is 0 Å². The number of esters is 1. The molecule has 2 aliphatic carbocycles. The minimum absolute atomic E-state index is 0.0116. The fourth-order valence-corrected chi connectivity index (χ4v) is 5.44. The number of hydrogen-bond acceptors (Lipinski definition) is 7. The zero-order valence-corrected chi connectivity index (χ0v) is 18.3. The number of anilines is 1. The van der Waals surface area contributed by atoms with Gasteiger partial charge in [0.1, 0.15) is 35.5 Å². The lowest BCUT2D eigenvalue weighted by Crippen LogP contribution is -2.29. The maximum Gasteiger partial charge on any atom is 0.302 e. The Bertz CT molecular complexity index is 1130. The van der Waals surface area contributed by atoms with Crippen LogP contribution in [0.4, 0.5) is 5.69 Å². The van der Waals surface area contributed by atoms with E-state index < -0.39 is 5.60 Å². The van der Waals surface area contributed by atoms with Crippen molar-refractivity contribution in [2.45, 2.75) is 57.8 Å². The normalized spacial score (nSPS) is 27.2. The summed E-state index contributed by atoms with van der Waals surface area (Å²) in [5.74, 6) is 0.626. The second-order valence-corrected chi connectivity index (χ2v) is 9.03. The fourth-order valence-electron chi connectivity index (χ4n) is 5.44. The molecule has 7 heteroatoms. The molecule has 1 aliphatic heterocycles. The molecule has 1 N–H and O–H groups in total.